The van der Waals surface area contributed by atoms with Crippen molar-refractivity contribution in [2.24, 2.45) is 11.7 Å². The van der Waals surface area contributed by atoms with Crippen LogP contribution in [-0.2, 0) is 8.85 Å². The molecule has 0 bridgehead atoms. The molecule has 0 amide bonds. The Morgan fingerprint density at radius 1 is 1.19 bits per heavy atom. The van der Waals surface area contributed by atoms with Crippen molar-refractivity contribution in [1.29, 1.82) is 0 Å². The van der Waals surface area contributed by atoms with Crippen LogP contribution in [0.15, 0.2) is 0 Å². The van der Waals surface area contributed by atoms with Crippen molar-refractivity contribution in [2.75, 3.05) is 20.8 Å². The smallest absolute Gasteiger partial charge is 0.337 e. The third-order valence-electron chi connectivity index (χ3n) is 4.18. The predicted octanol–water partition coefficient (Wildman–Crippen LogP) is 2.65. The molecule has 96 valence electrons. The van der Waals surface area contributed by atoms with E-state index in [0.717, 1.165) is 18.9 Å². The molecule has 1 fully saturated rings. The summed E-state index contributed by atoms with van der Waals surface area (Å²) in [6.45, 7) is 2.93. The molecule has 1 rings (SSSR count). The summed E-state index contributed by atoms with van der Waals surface area (Å²) in [5, 5.41) is 0. The van der Waals surface area contributed by atoms with Crippen molar-refractivity contribution in [2.45, 2.75) is 50.6 Å². The van der Waals surface area contributed by atoms with Gasteiger partial charge in [-0.25, -0.2) is 0 Å². The molecule has 0 spiro atoms. The first-order chi connectivity index (χ1) is 7.68. The van der Waals surface area contributed by atoms with Crippen LogP contribution in [0, 0.1) is 5.92 Å². The van der Waals surface area contributed by atoms with Gasteiger partial charge in [-0.05, 0) is 25.4 Å². The average Bonchev–Trinajstić information content (AvgIpc) is 2.36. The first kappa shape index (κ1) is 14.2. The highest BCUT2D eigenvalue weighted by Crippen LogP contribution is 2.41. The van der Waals surface area contributed by atoms with Gasteiger partial charge in [-0.1, -0.05) is 32.1 Å². The molecule has 1 saturated carbocycles. The first-order valence-corrected chi connectivity index (χ1v) is 8.87. The van der Waals surface area contributed by atoms with E-state index in [2.05, 4.69) is 6.55 Å². The summed E-state index contributed by atoms with van der Waals surface area (Å²) in [7, 11) is 1.57. The summed E-state index contributed by atoms with van der Waals surface area (Å²) in [5.41, 5.74) is 6.32. The molecular weight excluding hydrogens is 218 g/mol. The molecule has 4 heteroatoms. The maximum absolute atomic E-state index is 5.75. The van der Waals surface area contributed by atoms with Gasteiger partial charge in [0.1, 0.15) is 0 Å². The molecule has 1 unspecified atom stereocenters. The standard InChI is InChI=1S/C12H27NO2Si/c1-14-16(3,15-2)12(9-10-13)11-7-5-4-6-8-11/h11-12H,4-10,13H2,1-3H3. The highest BCUT2D eigenvalue weighted by Gasteiger charge is 2.43. The van der Waals surface area contributed by atoms with Crippen LogP contribution >= 0.6 is 0 Å². The van der Waals surface area contributed by atoms with Crippen LogP contribution in [0.2, 0.25) is 12.1 Å². The van der Waals surface area contributed by atoms with E-state index in [0.29, 0.717) is 5.54 Å². The minimum atomic E-state index is -2.02. The molecule has 0 aromatic rings. The zero-order valence-corrected chi connectivity index (χ0v) is 12.0. The summed E-state index contributed by atoms with van der Waals surface area (Å²) >= 11 is 0. The fraction of sp³-hybridized carbons (Fsp3) is 1.00. The van der Waals surface area contributed by atoms with Crippen LogP contribution in [0.4, 0.5) is 0 Å². The van der Waals surface area contributed by atoms with Crippen molar-refractivity contribution in [1.82, 2.24) is 0 Å². The van der Waals surface area contributed by atoms with Gasteiger partial charge in [0.2, 0.25) is 0 Å². The zero-order chi connectivity index (χ0) is 12.0. The molecule has 3 nitrogen and oxygen atoms in total. The summed E-state index contributed by atoms with van der Waals surface area (Å²) in [5.74, 6) is 0.772. The third-order valence-corrected chi connectivity index (χ3v) is 7.91. The molecule has 0 radical (unpaired) electrons. The lowest BCUT2D eigenvalue weighted by Gasteiger charge is -2.39. The second-order valence-electron chi connectivity index (χ2n) is 5.01. The molecular formula is C12H27NO2Si. The highest BCUT2D eigenvalue weighted by molar-refractivity contribution is 6.67. The van der Waals surface area contributed by atoms with Crippen molar-refractivity contribution in [3.63, 3.8) is 0 Å². The monoisotopic (exact) mass is 245 g/mol. The molecule has 0 aliphatic heterocycles. The summed E-state index contributed by atoms with van der Waals surface area (Å²) < 4.78 is 11.4. The molecule has 0 saturated heterocycles. The molecule has 0 aromatic heterocycles. The normalized spacial score (nSPS) is 21.0. The third kappa shape index (κ3) is 3.29. The lowest BCUT2D eigenvalue weighted by atomic mass is 9.85. The fourth-order valence-corrected chi connectivity index (χ4v) is 5.68. The molecule has 0 aromatic carbocycles. The Balaban J connectivity index is 2.70. The number of hydrogen-bond donors (Lipinski definition) is 1. The fourth-order valence-electron chi connectivity index (χ4n) is 3.03. The van der Waals surface area contributed by atoms with E-state index in [1.807, 2.05) is 0 Å². The van der Waals surface area contributed by atoms with Gasteiger partial charge in [0, 0.05) is 19.8 Å². The van der Waals surface area contributed by atoms with Crippen LogP contribution in [0.25, 0.3) is 0 Å². The molecule has 2 N–H and O–H groups in total. The largest absolute Gasteiger partial charge is 0.398 e. The van der Waals surface area contributed by atoms with Crippen molar-refractivity contribution in [3.8, 4) is 0 Å². The van der Waals surface area contributed by atoms with Crippen LogP contribution in [-0.4, -0.2) is 29.3 Å². The van der Waals surface area contributed by atoms with Gasteiger partial charge in [0.15, 0.2) is 0 Å². The number of nitrogens with two attached hydrogens (primary N) is 1. The van der Waals surface area contributed by atoms with E-state index in [9.17, 15) is 0 Å². The van der Waals surface area contributed by atoms with Gasteiger partial charge >= 0.3 is 8.56 Å². The van der Waals surface area contributed by atoms with E-state index < -0.39 is 8.56 Å². The Labute approximate surface area is 101 Å². The van der Waals surface area contributed by atoms with Crippen molar-refractivity contribution in [3.05, 3.63) is 0 Å². The molecule has 0 heterocycles. The van der Waals surface area contributed by atoms with E-state index in [4.69, 9.17) is 14.6 Å². The van der Waals surface area contributed by atoms with Gasteiger partial charge in [-0.3, -0.25) is 0 Å². The Bertz CT molecular complexity index is 191. The Kier molecular flexibility index (Phi) is 5.96. The van der Waals surface area contributed by atoms with Crippen LogP contribution in [0.5, 0.6) is 0 Å². The van der Waals surface area contributed by atoms with Crippen molar-refractivity contribution >= 4 is 8.56 Å². The molecule has 1 aliphatic rings. The second kappa shape index (κ2) is 6.74. The number of hydrogen-bond acceptors (Lipinski definition) is 3. The van der Waals surface area contributed by atoms with E-state index >= 15 is 0 Å². The van der Waals surface area contributed by atoms with Crippen molar-refractivity contribution < 1.29 is 8.85 Å². The van der Waals surface area contributed by atoms with Gasteiger partial charge in [0.25, 0.3) is 0 Å². The summed E-state index contributed by atoms with van der Waals surface area (Å²) in [6, 6.07) is 0. The first-order valence-electron chi connectivity index (χ1n) is 6.48. The Hall–Kier alpha value is 0.0969. The summed E-state index contributed by atoms with van der Waals surface area (Å²) in [4.78, 5) is 0. The predicted molar refractivity (Wildman–Crippen MR) is 69.6 cm³/mol. The van der Waals surface area contributed by atoms with Gasteiger partial charge in [-0.15, -0.1) is 0 Å². The molecule has 16 heavy (non-hydrogen) atoms. The molecule has 1 atom stereocenters. The van der Waals surface area contributed by atoms with Crippen LogP contribution in [0.1, 0.15) is 38.5 Å². The highest BCUT2D eigenvalue weighted by atomic mass is 28.4. The van der Waals surface area contributed by atoms with Crippen LogP contribution in [0.3, 0.4) is 0 Å². The average molecular weight is 245 g/mol. The van der Waals surface area contributed by atoms with Gasteiger partial charge < -0.3 is 14.6 Å². The quantitative estimate of drug-likeness (QED) is 0.732. The summed E-state index contributed by atoms with van der Waals surface area (Å²) in [6.07, 6.45) is 7.84. The Morgan fingerprint density at radius 3 is 2.19 bits per heavy atom. The SMILES string of the molecule is CO[Si](C)(OC)C(CCN)C1CCCCC1. The second-order valence-corrected chi connectivity index (χ2v) is 8.60. The van der Waals surface area contributed by atoms with E-state index in [-0.39, 0.29) is 0 Å². The van der Waals surface area contributed by atoms with Gasteiger partial charge in [-0.2, -0.15) is 0 Å². The molecule has 1 aliphatic carbocycles. The zero-order valence-electron chi connectivity index (χ0n) is 11.0. The maximum atomic E-state index is 5.75. The Morgan fingerprint density at radius 2 is 1.75 bits per heavy atom. The van der Waals surface area contributed by atoms with Gasteiger partial charge in [0.05, 0.1) is 0 Å². The van der Waals surface area contributed by atoms with E-state index in [1.165, 1.54) is 32.1 Å². The van der Waals surface area contributed by atoms with Crippen LogP contribution < -0.4 is 5.73 Å². The minimum absolute atomic E-state index is 0.563. The maximum Gasteiger partial charge on any atom is 0.337 e. The number of rotatable bonds is 6. The van der Waals surface area contributed by atoms with E-state index in [1.54, 1.807) is 14.2 Å². The minimum Gasteiger partial charge on any atom is -0.398 e. The lowest BCUT2D eigenvalue weighted by Crippen LogP contribution is -2.46. The topological polar surface area (TPSA) is 44.5 Å². The lowest BCUT2D eigenvalue weighted by molar-refractivity contribution is 0.203.